The van der Waals surface area contributed by atoms with Gasteiger partial charge in [-0.15, -0.1) is 0 Å². The number of nitrogens with one attached hydrogen (secondary N) is 6. The molecule has 7 aromatic heterocycles. The number of rotatable bonds is 32. The highest BCUT2D eigenvalue weighted by Crippen LogP contribution is 2.49. The summed E-state index contributed by atoms with van der Waals surface area (Å²) >= 11 is 7.26. The van der Waals surface area contributed by atoms with Crippen molar-refractivity contribution in [1.82, 2.24) is 29.9 Å². The summed E-state index contributed by atoms with van der Waals surface area (Å²) in [6, 6.07) is 7.21. The third-order valence-electron chi connectivity index (χ3n) is 22.2. The average Bonchev–Trinajstić information content (AvgIpc) is 1.66. The van der Waals surface area contributed by atoms with Gasteiger partial charge in [-0.2, -0.15) is 45.9 Å². The van der Waals surface area contributed by atoms with E-state index >= 15 is 0 Å². The highest BCUT2D eigenvalue weighted by Gasteiger charge is 2.46. The molecular weight excluding hydrogens is 1380 g/mol. The molecule has 0 spiro atoms. The number of fused-ring (bicyclic) bond motifs is 1. The van der Waals surface area contributed by atoms with Gasteiger partial charge in [-0.05, 0) is 149 Å². The molecule has 26 heteroatoms. The maximum absolute atomic E-state index is 13.7. The highest BCUT2D eigenvalue weighted by molar-refractivity contribution is 6.32. The number of hydrogen-bond acceptors (Lipinski definition) is 18. The van der Waals surface area contributed by atoms with Gasteiger partial charge < -0.3 is 60.5 Å². The van der Waals surface area contributed by atoms with Crippen LogP contribution in [0.25, 0.3) is 68.7 Å². The van der Waals surface area contributed by atoms with Crippen molar-refractivity contribution in [3.8, 4) is 34.0 Å². The fourth-order valence-corrected chi connectivity index (χ4v) is 15.8. The number of aromatic nitrogens is 7. The normalized spacial score (nSPS) is 23.1. The first-order chi connectivity index (χ1) is 49.8. The SMILES string of the molecule is C=Cc1oc(-c2c(C)nc(NCC(C)C)nc2NC2CC(CO)C(CC(=C)c3oc(-c4c(Cl)nc(NCCC(F)(F)F)nc4NC4CC(CO)C(C[n+]5cc6oc(-c7c(C)nc(NCCC(F)(F)F)nc7NC7CC(CO)C(C)C7C)cc6cc5CC)C4C)cc3C=C(C)CC)C2C)cc1C=C(C)CC. The first kappa shape index (κ1) is 79.6. The van der Waals surface area contributed by atoms with Crippen molar-refractivity contribution in [3.63, 3.8) is 0 Å². The fraction of sp³-hybridized carbons (Fsp3) is 0.557. The van der Waals surface area contributed by atoms with Crippen molar-refractivity contribution in [2.45, 2.75) is 185 Å². The topological polar surface area (TPSA) is 254 Å². The standard InChI is InChI=1S/C79H104ClF6N13O6/c1-16-41(7)24-50-31-63(103-62(50)19-4)67-49(15)91-77(89-34-40(5)6)97-73(67)93-60-29-54(38-101)57(46(60)12)26-43(9)70-52(25-42(8)17-2)33-65(105-70)69-71(80)95-76(88-23-21-79(84,85)86)98-74(69)94-61-30-55(39-102)58(47(61)13)35-99-36-66-51(27-56(99)18-3)32-64(104-66)68-48(14)90-75(87-22-20-78(81,82)83)96-72(68)92-59-28-53(37-100)44(10)45(59)11/h19,24-25,27,31-33,36,40,44-47,53-55,57-61,100-102H,4,9,16-18,20-23,26,28-30,34-35,37-39H2,1-3,5-8,10-15H3,(H5,87,88,89,91,92,93,94,95,96,97,98)/p+1. The van der Waals surface area contributed by atoms with Gasteiger partial charge in [0.1, 0.15) is 51.4 Å². The molecule has 19 nitrogen and oxygen atoms in total. The second-order valence-electron chi connectivity index (χ2n) is 29.9. The van der Waals surface area contributed by atoms with Gasteiger partial charge >= 0.3 is 12.4 Å². The molecule has 0 radical (unpaired) electrons. The molecule has 7 heterocycles. The van der Waals surface area contributed by atoms with Crippen molar-refractivity contribution in [1.29, 1.82) is 0 Å². The van der Waals surface area contributed by atoms with Crippen LogP contribution in [0.2, 0.25) is 5.15 Å². The van der Waals surface area contributed by atoms with Gasteiger partial charge in [0.05, 0.1) is 40.9 Å². The molecule has 10 rings (SSSR count). The number of anilines is 6. The van der Waals surface area contributed by atoms with E-state index in [2.05, 4.69) is 141 Å². The summed E-state index contributed by atoms with van der Waals surface area (Å²) in [5, 5.41) is 53.4. The smallest absolute Gasteiger partial charge is 0.390 e. The minimum atomic E-state index is -4.46. The number of furan rings is 3. The van der Waals surface area contributed by atoms with E-state index in [4.69, 9.17) is 44.8 Å². The van der Waals surface area contributed by atoms with E-state index in [1.807, 2.05) is 44.3 Å². The second kappa shape index (κ2) is 33.8. The zero-order chi connectivity index (χ0) is 76.1. The van der Waals surface area contributed by atoms with Crippen LogP contribution in [0, 0.1) is 73.0 Å². The Morgan fingerprint density at radius 2 is 1.11 bits per heavy atom. The number of aliphatic hydroxyl groups is 3. The van der Waals surface area contributed by atoms with E-state index in [1.165, 1.54) is 5.57 Å². The average molecular weight is 1480 g/mol. The summed E-state index contributed by atoms with van der Waals surface area (Å²) in [7, 11) is 0. The van der Waals surface area contributed by atoms with Crippen LogP contribution in [-0.2, 0) is 13.0 Å². The van der Waals surface area contributed by atoms with Crippen molar-refractivity contribution in [2.75, 3.05) is 71.4 Å². The Labute approximate surface area is 617 Å². The van der Waals surface area contributed by atoms with E-state index in [-0.39, 0.29) is 125 Å². The molecule has 7 aromatic rings. The molecule has 0 aliphatic heterocycles. The first-order valence-electron chi connectivity index (χ1n) is 37.1. The molecule has 3 aliphatic carbocycles. The monoisotopic (exact) mass is 1480 g/mol. The molecule has 3 saturated carbocycles. The Morgan fingerprint density at radius 3 is 1.64 bits per heavy atom. The highest BCUT2D eigenvalue weighted by atomic mass is 35.5. The minimum absolute atomic E-state index is 0.0206. The number of pyridine rings is 1. The van der Waals surface area contributed by atoms with Crippen LogP contribution < -0.4 is 36.5 Å². The van der Waals surface area contributed by atoms with E-state index in [0.717, 1.165) is 46.3 Å². The van der Waals surface area contributed by atoms with Gasteiger partial charge in [0, 0.05) is 92.5 Å². The third kappa shape index (κ3) is 18.7. The fourth-order valence-electron chi connectivity index (χ4n) is 15.5. The maximum Gasteiger partial charge on any atom is 0.390 e. The van der Waals surface area contributed by atoms with Crippen LogP contribution >= 0.6 is 11.6 Å². The zero-order valence-corrected chi connectivity index (χ0v) is 63.5. The quantitative estimate of drug-likeness (QED) is 0.0108. The Hall–Kier alpha value is -8.00. The molecular formula is C79H105ClF6N13O6+. The lowest BCUT2D eigenvalue weighted by atomic mass is 9.84. The van der Waals surface area contributed by atoms with Crippen LogP contribution in [0.1, 0.15) is 167 Å². The van der Waals surface area contributed by atoms with Crippen molar-refractivity contribution in [3.05, 3.63) is 99.6 Å². The summed E-state index contributed by atoms with van der Waals surface area (Å²) in [6.45, 7) is 35.4. The predicted molar refractivity (Wildman–Crippen MR) is 405 cm³/mol. The van der Waals surface area contributed by atoms with Crippen LogP contribution in [0.4, 0.5) is 61.6 Å². The third-order valence-corrected chi connectivity index (χ3v) is 22.5. The number of nitrogens with zero attached hydrogens (tertiary/aromatic N) is 7. The molecule has 0 amide bonds. The predicted octanol–water partition coefficient (Wildman–Crippen LogP) is 18.1. The van der Waals surface area contributed by atoms with Gasteiger partial charge in [0.25, 0.3) is 0 Å². The molecule has 0 saturated heterocycles. The van der Waals surface area contributed by atoms with E-state index < -0.39 is 38.3 Å². The second-order valence-corrected chi connectivity index (χ2v) is 30.3. The molecule has 0 bridgehead atoms. The van der Waals surface area contributed by atoms with Crippen LogP contribution in [0.15, 0.2) is 68.0 Å². The summed E-state index contributed by atoms with van der Waals surface area (Å²) < 4.78 is 103. The van der Waals surface area contributed by atoms with Crippen LogP contribution in [0.3, 0.4) is 0 Å². The van der Waals surface area contributed by atoms with Crippen LogP contribution in [-0.4, -0.2) is 115 Å². The van der Waals surface area contributed by atoms with Crippen molar-refractivity contribution >= 4 is 81.7 Å². The molecule has 570 valence electrons. The Morgan fingerprint density at radius 1 is 0.629 bits per heavy atom. The molecule has 12 atom stereocenters. The van der Waals surface area contributed by atoms with E-state index in [9.17, 15) is 41.7 Å². The van der Waals surface area contributed by atoms with Crippen molar-refractivity contribution < 1.29 is 59.5 Å². The molecule has 0 aromatic carbocycles. The maximum atomic E-state index is 13.7. The van der Waals surface area contributed by atoms with Crippen molar-refractivity contribution in [2.24, 2.45) is 59.2 Å². The van der Waals surface area contributed by atoms with Crippen LogP contribution in [0.5, 0.6) is 0 Å². The van der Waals surface area contributed by atoms with Gasteiger partial charge in [0.15, 0.2) is 17.8 Å². The number of halogens is 7. The molecule has 105 heavy (non-hydrogen) atoms. The van der Waals surface area contributed by atoms with Gasteiger partial charge in [0.2, 0.25) is 24.0 Å². The molecule has 12 unspecified atom stereocenters. The number of allylic oxidation sites excluding steroid dienone is 3. The lowest BCUT2D eigenvalue weighted by molar-refractivity contribution is -0.710. The molecule has 3 aliphatic rings. The van der Waals surface area contributed by atoms with E-state index in [1.54, 1.807) is 13.0 Å². The molecule has 3 fully saturated rings. The Balaban J connectivity index is 0.946. The summed E-state index contributed by atoms with van der Waals surface area (Å²) in [4.78, 5) is 28.7. The van der Waals surface area contributed by atoms with Gasteiger partial charge in [-0.3, -0.25) is 0 Å². The molecule has 9 N–H and O–H groups in total. The Bertz CT molecular complexity index is 4280. The first-order valence-corrected chi connectivity index (χ1v) is 37.4. The lowest BCUT2D eigenvalue weighted by Crippen LogP contribution is -2.44. The number of alkyl halides is 6. The zero-order valence-electron chi connectivity index (χ0n) is 62.7. The largest absolute Gasteiger partial charge is 0.456 e. The summed E-state index contributed by atoms with van der Waals surface area (Å²) in [5.74, 6) is 3.93. The number of aryl methyl sites for hydroxylation is 3. The Kier molecular flexibility index (Phi) is 25.6. The van der Waals surface area contributed by atoms with Gasteiger partial charge in [-0.25, -0.2) is 15.0 Å². The number of hydrogen-bond donors (Lipinski definition) is 9. The summed E-state index contributed by atoms with van der Waals surface area (Å²) in [6.07, 6.45) is 1.13. The number of aliphatic hydroxyl groups excluding tert-OH is 3. The summed E-state index contributed by atoms with van der Waals surface area (Å²) in [5.41, 5.74) is 8.79. The van der Waals surface area contributed by atoms with Gasteiger partial charge in [-0.1, -0.05) is 110 Å². The minimum Gasteiger partial charge on any atom is -0.456 e. The van der Waals surface area contributed by atoms with E-state index in [0.29, 0.717) is 120 Å². The lowest BCUT2D eigenvalue weighted by Gasteiger charge is -2.25.